The Labute approximate surface area is 183 Å². The van der Waals surface area contributed by atoms with E-state index in [1.54, 1.807) is 0 Å². The third-order valence-corrected chi connectivity index (χ3v) is 5.94. The van der Waals surface area contributed by atoms with E-state index in [9.17, 15) is 32.9 Å². The molecule has 0 bridgehead atoms. The van der Waals surface area contributed by atoms with Crippen molar-refractivity contribution >= 4 is 47.3 Å². The van der Waals surface area contributed by atoms with Crippen LogP contribution in [0.2, 0.25) is 0 Å². The summed E-state index contributed by atoms with van der Waals surface area (Å²) >= 11 is 0. The van der Waals surface area contributed by atoms with E-state index in [0.29, 0.717) is 0 Å². The van der Waals surface area contributed by atoms with Crippen molar-refractivity contribution in [2.45, 2.75) is 0 Å². The summed E-state index contributed by atoms with van der Waals surface area (Å²) in [5, 5.41) is 34.5. The van der Waals surface area contributed by atoms with Gasteiger partial charge in [0, 0.05) is 13.1 Å². The first-order valence-corrected chi connectivity index (χ1v) is 12.4. The predicted molar refractivity (Wildman–Crippen MR) is 99.5 cm³/mol. The second-order valence-electron chi connectivity index (χ2n) is 5.61. The third kappa shape index (κ3) is 24.7. The van der Waals surface area contributed by atoms with Gasteiger partial charge in [-0.2, -0.15) is 8.62 Å². The molecule has 0 aromatic carbocycles. The highest BCUT2D eigenvalue weighted by molar-refractivity contribution is 7.66. The fourth-order valence-electron chi connectivity index (χ4n) is 1.76. The Morgan fingerprint density at radius 2 is 0.758 bits per heavy atom. The van der Waals surface area contributed by atoms with Crippen molar-refractivity contribution in [3.63, 3.8) is 0 Å². The minimum absolute atomic E-state index is 0.0703. The molecule has 0 aliphatic carbocycles. The molecule has 0 atom stereocenters. The largest absolute Gasteiger partial charge is 0.490 e. The van der Waals surface area contributed by atoms with E-state index in [1.807, 2.05) is 0 Å². The smallest absolute Gasteiger partial charge is 0.480 e. The summed E-state index contributed by atoms with van der Waals surface area (Å²) in [5.41, 5.74) is 0. The third-order valence-electron chi connectivity index (χ3n) is 2.59. The Bertz CT molecular complexity index is 737. The Morgan fingerprint density at radius 3 is 0.909 bits per heavy atom. The fraction of sp³-hybridized carbons (Fsp3) is 0.600. The fourth-order valence-corrected chi connectivity index (χ4v) is 4.30. The van der Waals surface area contributed by atoms with E-state index < -0.39 is 73.5 Å². The zero-order chi connectivity index (χ0) is 26.6. The van der Waals surface area contributed by atoms with Gasteiger partial charge in [-0.05, 0) is 0 Å². The van der Waals surface area contributed by atoms with Gasteiger partial charge in [-0.3, -0.25) is 29.0 Å². The molecular formula is C10H21N2O18P3. The van der Waals surface area contributed by atoms with Crippen molar-refractivity contribution < 1.29 is 86.4 Å². The van der Waals surface area contributed by atoms with Crippen molar-refractivity contribution in [2.24, 2.45) is 0 Å². The second kappa shape index (κ2) is 14.5. The molecule has 0 aliphatic heterocycles. The van der Waals surface area contributed by atoms with E-state index in [1.165, 1.54) is 0 Å². The summed E-state index contributed by atoms with van der Waals surface area (Å²) in [6, 6.07) is 0. The molecule has 0 radical (unpaired) electrons. The molecule has 0 heterocycles. The van der Waals surface area contributed by atoms with Crippen molar-refractivity contribution in [3.8, 4) is 0 Å². The lowest BCUT2D eigenvalue weighted by Gasteiger charge is -2.23. The van der Waals surface area contributed by atoms with E-state index in [0.717, 1.165) is 9.80 Å². The second-order valence-corrected chi connectivity index (χ2v) is 9.82. The maximum absolute atomic E-state index is 10.6. The molecule has 0 fully saturated rings. The number of aliphatic carboxylic acids is 4. The number of phosphoric acid groups is 3. The quantitative estimate of drug-likeness (QED) is 0.0932. The molecule has 23 heteroatoms. The van der Waals surface area contributed by atoms with Crippen LogP contribution in [0.15, 0.2) is 0 Å². The first kappa shape index (κ1) is 33.4. The van der Waals surface area contributed by atoms with Crippen molar-refractivity contribution in [3.05, 3.63) is 0 Å². The first-order chi connectivity index (χ1) is 14.6. The minimum atomic E-state index is -5.46. The summed E-state index contributed by atoms with van der Waals surface area (Å²) in [7, 11) is -16.2. The lowest BCUT2D eigenvalue weighted by atomic mass is 10.4. The molecule has 0 rings (SSSR count). The molecular weight excluding hydrogens is 529 g/mol. The number of rotatable bonds is 15. The van der Waals surface area contributed by atoms with Gasteiger partial charge < -0.3 is 44.9 Å². The number of carbonyl (C=O) groups is 4. The van der Waals surface area contributed by atoms with Gasteiger partial charge in [-0.15, -0.1) is 0 Å². The number of nitrogens with zero attached hydrogens (tertiary/aromatic N) is 2. The van der Waals surface area contributed by atoms with Gasteiger partial charge >= 0.3 is 47.3 Å². The average Bonchev–Trinajstić information content (AvgIpc) is 2.45. The topological polar surface area (TPSA) is 326 Å². The Balaban J connectivity index is 0. The van der Waals surface area contributed by atoms with Gasteiger partial charge in [0.25, 0.3) is 0 Å². The summed E-state index contributed by atoms with van der Waals surface area (Å²) < 4.78 is 36.4. The Hall–Kier alpha value is -1.79. The monoisotopic (exact) mass is 550 g/mol. The molecule has 0 aromatic heterocycles. The molecule has 9 N–H and O–H groups in total. The standard InChI is InChI=1S/C10H16N2O8.H5O10P3/c13-7(14)3-11(4-8(15)16)1-2-12(5-9(17)18)6-10(19)20;1-11(2,3)9-13(7,8)10-12(4,5)6/h1-6H2,(H,13,14)(H,15,16)(H,17,18)(H,19,20);(H,7,8)(H2,1,2,3)(H2,4,5,6). The van der Waals surface area contributed by atoms with Crippen LogP contribution in [0.4, 0.5) is 0 Å². The van der Waals surface area contributed by atoms with Gasteiger partial charge in [-0.1, -0.05) is 0 Å². The molecule has 0 aliphatic rings. The highest BCUT2D eigenvalue weighted by atomic mass is 31.3. The van der Waals surface area contributed by atoms with E-state index in [-0.39, 0.29) is 13.1 Å². The molecule has 0 saturated carbocycles. The summed E-state index contributed by atoms with van der Waals surface area (Å²) in [6.45, 7) is -2.25. The molecule has 33 heavy (non-hydrogen) atoms. The van der Waals surface area contributed by atoms with Gasteiger partial charge in [0.2, 0.25) is 0 Å². The zero-order valence-corrected chi connectivity index (χ0v) is 18.9. The predicted octanol–water partition coefficient (Wildman–Crippen LogP) is -2.77. The highest BCUT2D eigenvalue weighted by Gasteiger charge is 2.38. The van der Waals surface area contributed by atoms with Crippen LogP contribution in [-0.4, -0.2) is 118 Å². The van der Waals surface area contributed by atoms with E-state index in [2.05, 4.69) is 8.62 Å². The minimum Gasteiger partial charge on any atom is -0.480 e. The first-order valence-electron chi connectivity index (χ1n) is 7.80. The van der Waals surface area contributed by atoms with E-state index >= 15 is 0 Å². The molecule has 20 nitrogen and oxygen atoms in total. The van der Waals surface area contributed by atoms with Crippen LogP contribution in [0.1, 0.15) is 0 Å². The summed E-state index contributed by atoms with van der Waals surface area (Å²) in [5.74, 6) is -4.91. The number of carboxylic acid groups (broad SMARTS) is 4. The van der Waals surface area contributed by atoms with Crippen LogP contribution in [-0.2, 0) is 41.5 Å². The lowest BCUT2D eigenvalue weighted by molar-refractivity contribution is -0.145. The highest BCUT2D eigenvalue weighted by Crippen LogP contribution is 2.64. The molecule has 0 aromatic rings. The summed E-state index contributed by atoms with van der Waals surface area (Å²) in [4.78, 5) is 84.6. The average molecular weight is 550 g/mol. The van der Waals surface area contributed by atoms with Crippen molar-refractivity contribution in [1.29, 1.82) is 0 Å². The van der Waals surface area contributed by atoms with Crippen LogP contribution in [0, 0.1) is 0 Å². The van der Waals surface area contributed by atoms with E-state index in [4.69, 9.17) is 44.9 Å². The number of hydrogen-bond acceptors (Lipinski definition) is 11. The molecule has 0 amide bonds. The maximum Gasteiger partial charge on any atom is 0.490 e. The zero-order valence-electron chi connectivity index (χ0n) is 16.2. The van der Waals surface area contributed by atoms with Gasteiger partial charge in [0.1, 0.15) is 0 Å². The molecule has 0 saturated heterocycles. The van der Waals surface area contributed by atoms with Crippen LogP contribution in [0.3, 0.4) is 0 Å². The lowest BCUT2D eigenvalue weighted by Crippen LogP contribution is -2.43. The van der Waals surface area contributed by atoms with Gasteiger partial charge in [0.15, 0.2) is 0 Å². The Morgan fingerprint density at radius 1 is 0.545 bits per heavy atom. The molecule has 194 valence electrons. The van der Waals surface area contributed by atoms with Gasteiger partial charge in [0.05, 0.1) is 26.2 Å². The molecule has 0 spiro atoms. The van der Waals surface area contributed by atoms with Crippen molar-refractivity contribution in [1.82, 2.24) is 9.80 Å². The number of hydrogen-bond donors (Lipinski definition) is 9. The van der Waals surface area contributed by atoms with Crippen LogP contribution in [0.25, 0.3) is 0 Å². The van der Waals surface area contributed by atoms with Crippen molar-refractivity contribution in [2.75, 3.05) is 39.3 Å². The Kier molecular flexibility index (Phi) is 14.6. The van der Waals surface area contributed by atoms with Gasteiger partial charge in [-0.25, -0.2) is 13.7 Å². The molecule has 0 unspecified atom stereocenters. The summed E-state index contributed by atoms with van der Waals surface area (Å²) in [6.07, 6.45) is 0. The van der Waals surface area contributed by atoms with Crippen LogP contribution in [0.5, 0.6) is 0 Å². The SMILES string of the molecule is O=C(O)CN(CCN(CC(=O)O)CC(=O)O)CC(=O)O.O=P(O)(O)OP(=O)(O)OP(=O)(O)O. The van der Waals surface area contributed by atoms with Crippen LogP contribution < -0.4 is 0 Å². The van der Waals surface area contributed by atoms with Crippen LogP contribution >= 0.6 is 23.5 Å². The normalized spacial score (nSPS) is 12.2. The maximum atomic E-state index is 10.6. The number of carboxylic acids is 4.